The Morgan fingerprint density at radius 3 is 2.65 bits per heavy atom. The largest absolute Gasteiger partial charge is 0.480 e. The highest BCUT2D eigenvalue weighted by molar-refractivity contribution is 5.96. The van der Waals surface area contributed by atoms with Crippen LogP contribution >= 0.6 is 0 Å². The number of benzene rings is 1. The first-order chi connectivity index (χ1) is 20.9. The predicted molar refractivity (Wildman–Crippen MR) is 166 cm³/mol. The molecule has 1 N–H and O–H groups in total. The van der Waals surface area contributed by atoms with E-state index in [4.69, 9.17) is 14.7 Å². The quantitative estimate of drug-likeness (QED) is 0.364. The van der Waals surface area contributed by atoms with Crippen LogP contribution in [0.4, 0.5) is 23.1 Å². The Balaban J connectivity index is 1.25. The lowest BCUT2D eigenvalue weighted by Gasteiger charge is -2.43. The van der Waals surface area contributed by atoms with Crippen molar-refractivity contribution in [3.8, 4) is 11.6 Å². The van der Waals surface area contributed by atoms with E-state index in [9.17, 15) is 9.59 Å². The average molecular weight is 582 g/mol. The van der Waals surface area contributed by atoms with Crippen molar-refractivity contribution >= 4 is 40.1 Å². The minimum absolute atomic E-state index is 0.0161. The summed E-state index contributed by atoms with van der Waals surface area (Å²) in [4.78, 5) is 46.8. The third-order valence-electron chi connectivity index (χ3n) is 8.58. The Bertz CT molecular complexity index is 1780. The predicted octanol–water partition coefficient (Wildman–Crippen LogP) is 3.33. The van der Waals surface area contributed by atoms with E-state index in [1.165, 1.54) is 5.69 Å². The number of pyridine rings is 1. The molecule has 0 unspecified atom stereocenters. The number of carbonyl (C=O) groups is 1. The van der Waals surface area contributed by atoms with Gasteiger partial charge in [0.1, 0.15) is 5.39 Å². The molecular formula is C31H35N9O3. The Kier molecular flexibility index (Phi) is 6.85. The molecule has 1 aromatic carbocycles. The molecule has 1 amide bonds. The Morgan fingerprint density at radius 1 is 0.977 bits per heavy atom. The van der Waals surface area contributed by atoms with Crippen LogP contribution in [-0.2, 0) is 11.3 Å². The van der Waals surface area contributed by atoms with Crippen LogP contribution in [0.1, 0.15) is 26.7 Å². The molecule has 3 aliphatic heterocycles. The maximum atomic E-state index is 13.5. The van der Waals surface area contributed by atoms with Crippen molar-refractivity contribution in [1.82, 2.24) is 29.2 Å². The number of allylic oxidation sites excluding steroid dienone is 2. The lowest BCUT2D eigenvalue weighted by molar-refractivity contribution is -0.121. The van der Waals surface area contributed by atoms with Gasteiger partial charge in [0, 0.05) is 49.3 Å². The minimum atomic E-state index is -0.216. The smallest absolute Gasteiger partial charge is 0.278 e. The molecule has 43 heavy (non-hydrogen) atoms. The van der Waals surface area contributed by atoms with Crippen LogP contribution in [-0.4, -0.2) is 80.5 Å². The summed E-state index contributed by atoms with van der Waals surface area (Å²) in [6.45, 7) is 7.37. The zero-order valence-corrected chi connectivity index (χ0v) is 24.6. The highest BCUT2D eigenvalue weighted by atomic mass is 16.5. The van der Waals surface area contributed by atoms with Gasteiger partial charge in [-0.3, -0.25) is 19.4 Å². The highest BCUT2D eigenvalue weighted by Gasteiger charge is 2.29. The van der Waals surface area contributed by atoms with Crippen LogP contribution in [0, 0.1) is 0 Å². The Morgan fingerprint density at radius 2 is 1.81 bits per heavy atom. The highest BCUT2D eigenvalue weighted by Crippen LogP contribution is 2.32. The molecule has 2 bridgehead atoms. The van der Waals surface area contributed by atoms with Crippen molar-refractivity contribution in [3.63, 3.8) is 0 Å². The summed E-state index contributed by atoms with van der Waals surface area (Å²) in [7, 11) is 2.18. The van der Waals surface area contributed by atoms with E-state index >= 15 is 0 Å². The fraction of sp³-hybridized carbons (Fsp3) is 0.387. The number of amides is 1. The van der Waals surface area contributed by atoms with E-state index in [1.807, 2.05) is 24.3 Å². The molecule has 12 nitrogen and oxygen atoms in total. The fourth-order valence-electron chi connectivity index (χ4n) is 6.09. The van der Waals surface area contributed by atoms with Gasteiger partial charge in [0.15, 0.2) is 29.6 Å². The number of fused-ring (bicyclic) bond motifs is 5. The standard InChI is InChI=1S/C31H35N9O3/c1-20-18-38(21(2)17-36(20)3)23-10-8-22(9-11-23)33-31-32-16-24-28(35-31)40-26-13-12-25-29(34-26)37(27(41)19-43-25)14-6-4-5-7-15-39(40)30(24)42/h5,7-13,16,20-21H,4,6,14-15,17-19H2,1-3H3,(H,32,33,35)/b7-5-/t20-,21-/m0/s1. The number of rotatable bonds is 3. The molecule has 3 aliphatic rings. The van der Waals surface area contributed by atoms with Gasteiger partial charge in [0.25, 0.3) is 11.5 Å². The maximum Gasteiger partial charge on any atom is 0.278 e. The number of aromatic nitrogens is 5. The Labute approximate surface area is 249 Å². The van der Waals surface area contributed by atoms with Crippen molar-refractivity contribution in [3.05, 3.63) is 65.1 Å². The maximum absolute atomic E-state index is 13.5. The summed E-state index contributed by atoms with van der Waals surface area (Å²) < 4.78 is 8.96. The molecule has 0 saturated carbocycles. The number of hydrogen-bond acceptors (Lipinski definition) is 9. The molecule has 1 fully saturated rings. The molecule has 0 spiro atoms. The summed E-state index contributed by atoms with van der Waals surface area (Å²) in [6.07, 6.45) is 7.11. The molecule has 2 atom stereocenters. The molecule has 0 radical (unpaired) electrons. The minimum Gasteiger partial charge on any atom is -0.480 e. The second-order valence-corrected chi connectivity index (χ2v) is 11.5. The van der Waals surface area contributed by atoms with Crippen molar-refractivity contribution < 1.29 is 9.53 Å². The second-order valence-electron chi connectivity index (χ2n) is 11.5. The molecule has 3 aromatic heterocycles. The topological polar surface area (TPSA) is 114 Å². The number of hydrogen-bond donors (Lipinski definition) is 1. The van der Waals surface area contributed by atoms with E-state index in [0.717, 1.165) is 31.6 Å². The number of nitrogens with one attached hydrogen (secondary N) is 1. The third-order valence-corrected chi connectivity index (χ3v) is 8.58. The number of anilines is 4. The first-order valence-corrected chi connectivity index (χ1v) is 14.8. The summed E-state index contributed by atoms with van der Waals surface area (Å²) >= 11 is 0. The van der Waals surface area contributed by atoms with Crippen LogP contribution in [0.2, 0.25) is 0 Å². The molecule has 222 valence electrons. The number of carbonyl (C=O) groups excluding carboxylic acids is 1. The second kappa shape index (κ2) is 10.8. The van der Waals surface area contributed by atoms with E-state index in [1.54, 1.807) is 32.6 Å². The molecule has 6 heterocycles. The van der Waals surface area contributed by atoms with Gasteiger partial charge in [-0.25, -0.2) is 19.3 Å². The van der Waals surface area contributed by atoms with Crippen LogP contribution in [0.3, 0.4) is 0 Å². The Hall–Kier alpha value is -4.71. The molecular weight excluding hydrogens is 546 g/mol. The summed E-state index contributed by atoms with van der Waals surface area (Å²) in [5.41, 5.74) is 2.23. The normalized spacial score (nSPS) is 21.5. The van der Waals surface area contributed by atoms with Gasteiger partial charge in [-0.1, -0.05) is 12.2 Å². The first-order valence-electron chi connectivity index (χ1n) is 14.8. The molecule has 0 aliphatic carbocycles. The van der Waals surface area contributed by atoms with E-state index < -0.39 is 0 Å². The summed E-state index contributed by atoms with van der Waals surface area (Å²) in [5.74, 6) is 1.69. The van der Waals surface area contributed by atoms with Gasteiger partial charge in [-0.05, 0) is 70.1 Å². The number of nitrogens with zero attached hydrogens (tertiary/aromatic N) is 8. The van der Waals surface area contributed by atoms with Gasteiger partial charge in [0.2, 0.25) is 5.95 Å². The van der Waals surface area contributed by atoms with Crippen molar-refractivity contribution in [2.24, 2.45) is 0 Å². The number of ether oxygens (including phenoxy) is 1. The van der Waals surface area contributed by atoms with Gasteiger partial charge >= 0.3 is 0 Å². The monoisotopic (exact) mass is 581 g/mol. The van der Waals surface area contributed by atoms with Gasteiger partial charge in [-0.15, -0.1) is 0 Å². The lowest BCUT2D eigenvalue weighted by Crippen LogP contribution is -2.55. The first kappa shape index (κ1) is 27.1. The number of piperazine rings is 1. The summed E-state index contributed by atoms with van der Waals surface area (Å²) in [5, 5.41) is 3.68. The molecule has 7 rings (SSSR count). The van der Waals surface area contributed by atoms with Crippen LogP contribution in [0.15, 0.2) is 59.5 Å². The van der Waals surface area contributed by atoms with Gasteiger partial charge in [-0.2, -0.15) is 4.98 Å². The number of likely N-dealkylation sites (N-methyl/N-ethyl adjacent to an activating group) is 1. The van der Waals surface area contributed by atoms with E-state index in [-0.39, 0.29) is 18.1 Å². The van der Waals surface area contributed by atoms with Crippen LogP contribution in [0.25, 0.3) is 16.9 Å². The molecule has 4 aromatic rings. The van der Waals surface area contributed by atoms with E-state index in [2.05, 4.69) is 53.1 Å². The van der Waals surface area contributed by atoms with Gasteiger partial charge < -0.3 is 15.0 Å². The average Bonchev–Trinajstić information content (AvgIpc) is 3.27. The summed E-state index contributed by atoms with van der Waals surface area (Å²) in [6, 6.07) is 12.8. The van der Waals surface area contributed by atoms with Gasteiger partial charge in [0.05, 0.1) is 6.54 Å². The zero-order valence-electron chi connectivity index (χ0n) is 24.6. The molecule has 1 saturated heterocycles. The van der Waals surface area contributed by atoms with Crippen LogP contribution in [0.5, 0.6) is 5.75 Å². The van der Waals surface area contributed by atoms with Crippen molar-refractivity contribution in [2.45, 2.75) is 45.3 Å². The third kappa shape index (κ3) is 4.91. The van der Waals surface area contributed by atoms with Crippen molar-refractivity contribution in [2.75, 3.05) is 48.4 Å². The SMILES string of the molecule is C[C@H]1CN(c2ccc(Nc3ncc4c(=O)n5n(c4n3)-c3ccc4c(n3)N(CCC/C=C\C5)C(=O)CO4)cc2)[C@@H](C)CN1C. The lowest BCUT2D eigenvalue weighted by atomic mass is 10.1. The fourth-order valence-corrected chi connectivity index (χ4v) is 6.09. The molecule has 12 heteroatoms. The zero-order chi connectivity index (χ0) is 29.7. The van der Waals surface area contributed by atoms with E-state index in [0.29, 0.717) is 59.5 Å². The van der Waals surface area contributed by atoms with Crippen molar-refractivity contribution in [1.29, 1.82) is 0 Å². The van der Waals surface area contributed by atoms with Crippen LogP contribution < -0.4 is 25.4 Å².